The molecule has 1 saturated heterocycles. The van der Waals surface area contributed by atoms with Crippen LogP contribution in [0.5, 0.6) is 0 Å². The van der Waals surface area contributed by atoms with Crippen molar-refractivity contribution >= 4 is 16.0 Å². The van der Waals surface area contributed by atoms with Gasteiger partial charge in [0, 0.05) is 19.6 Å². The fourth-order valence-corrected chi connectivity index (χ4v) is 3.80. The van der Waals surface area contributed by atoms with Crippen LogP contribution in [0, 0.1) is 5.92 Å². The van der Waals surface area contributed by atoms with Gasteiger partial charge in [0.15, 0.2) is 0 Å². The first-order chi connectivity index (χ1) is 8.07. The van der Waals surface area contributed by atoms with Gasteiger partial charge < -0.3 is 5.11 Å². The molecule has 1 heterocycles. The topological polar surface area (TPSA) is 77.9 Å². The lowest BCUT2D eigenvalue weighted by atomic mass is 10.0. The van der Waals surface area contributed by atoms with Gasteiger partial charge in [-0.05, 0) is 19.8 Å². The Morgan fingerprint density at radius 1 is 1.33 bits per heavy atom. The van der Waals surface area contributed by atoms with Crippen molar-refractivity contribution in [1.29, 1.82) is 0 Å². The van der Waals surface area contributed by atoms with Crippen LogP contribution in [-0.2, 0) is 14.8 Å². The monoisotopic (exact) mass is 278 g/mol. The minimum absolute atomic E-state index is 0.223. The number of carboxylic acids is 1. The Bertz CT molecular complexity index is 417. The van der Waals surface area contributed by atoms with Gasteiger partial charge in [-0.2, -0.15) is 4.31 Å². The average molecular weight is 278 g/mol. The first-order valence-corrected chi connectivity index (χ1v) is 7.64. The van der Waals surface area contributed by atoms with Crippen LogP contribution in [0.1, 0.15) is 27.7 Å². The molecule has 0 saturated carbocycles. The van der Waals surface area contributed by atoms with E-state index in [1.54, 1.807) is 0 Å². The van der Waals surface area contributed by atoms with E-state index in [1.807, 2.05) is 13.8 Å². The Balaban J connectivity index is 2.84. The molecule has 0 unspecified atom stereocenters. The molecule has 7 heteroatoms. The highest BCUT2D eigenvalue weighted by atomic mass is 32.2. The van der Waals surface area contributed by atoms with Crippen LogP contribution in [-0.4, -0.2) is 59.7 Å². The number of carboxylic acid groups (broad SMARTS) is 1. The van der Waals surface area contributed by atoms with Gasteiger partial charge in [0.25, 0.3) is 0 Å². The number of nitrogens with zero attached hydrogens (tertiary/aromatic N) is 2. The average Bonchev–Trinajstić information content (AvgIpc) is 2.19. The fraction of sp³-hybridized carbons (Fsp3) is 0.909. The summed E-state index contributed by atoms with van der Waals surface area (Å²) >= 11 is 0. The van der Waals surface area contributed by atoms with Crippen LogP contribution in [0.3, 0.4) is 0 Å². The first-order valence-electron chi connectivity index (χ1n) is 6.03. The zero-order valence-electron chi connectivity index (χ0n) is 11.4. The smallest absolute Gasteiger partial charge is 0.323 e. The van der Waals surface area contributed by atoms with E-state index in [0.29, 0.717) is 19.6 Å². The number of carbonyl (C=O) groups is 1. The Hall–Kier alpha value is -0.660. The molecule has 1 aliphatic rings. The minimum atomic E-state index is -3.39. The second kappa shape index (κ2) is 5.14. The molecule has 18 heavy (non-hydrogen) atoms. The third kappa shape index (κ3) is 3.21. The quantitative estimate of drug-likeness (QED) is 0.806. The lowest BCUT2D eigenvalue weighted by Crippen LogP contribution is -2.59. The molecule has 1 fully saturated rings. The molecule has 1 aliphatic heterocycles. The molecule has 0 spiro atoms. The lowest BCUT2D eigenvalue weighted by molar-refractivity contribution is -0.149. The maximum absolute atomic E-state index is 12.1. The largest absolute Gasteiger partial charge is 0.480 e. The van der Waals surface area contributed by atoms with E-state index in [1.165, 1.54) is 23.1 Å². The number of hydrogen-bond donors (Lipinski definition) is 1. The van der Waals surface area contributed by atoms with E-state index in [9.17, 15) is 13.2 Å². The molecule has 0 aromatic heterocycles. The summed E-state index contributed by atoms with van der Waals surface area (Å²) in [6, 6.07) is 0. The fourth-order valence-electron chi connectivity index (χ4n) is 1.90. The van der Waals surface area contributed by atoms with Crippen LogP contribution in [0.25, 0.3) is 0 Å². The zero-order chi connectivity index (χ0) is 14.1. The second-order valence-electron chi connectivity index (χ2n) is 5.62. The molecule has 1 rings (SSSR count). The predicted molar refractivity (Wildman–Crippen MR) is 68.6 cm³/mol. The number of rotatable bonds is 4. The SMILES string of the molecule is CC(C)CN1CCN(C(C)(C)C(=O)O)CS1(=O)=O. The van der Waals surface area contributed by atoms with Gasteiger partial charge in [0.1, 0.15) is 11.4 Å². The Labute approximate surface area is 109 Å². The minimum Gasteiger partial charge on any atom is -0.480 e. The molecule has 0 aromatic rings. The van der Waals surface area contributed by atoms with Crippen molar-refractivity contribution < 1.29 is 18.3 Å². The van der Waals surface area contributed by atoms with E-state index >= 15 is 0 Å². The zero-order valence-corrected chi connectivity index (χ0v) is 12.2. The maximum atomic E-state index is 12.1. The number of hydrogen-bond acceptors (Lipinski definition) is 4. The van der Waals surface area contributed by atoms with Crippen molar-refractivity contribution in [3.63, 3.8) is 0 Å². The molecule has 1 N–H and O–H groups in total. The van der Waals surface area contributed by atoms with Crippen molar-refractivity contribution in [1.82, 2.24) is 9.21 Å². The summed E-state index contributed by atoms with van der Waals surface area (Å²) in [5.74, 6) is -0.965. The van der Waals surface area contributed by atoms with Crippen LogP contribution < -0.4 is 0 Å². The van der Waals surface area contributed by atoms with Crippen molar-refractivity contribution in [2.45, 2.75) is 33.2 Å². The van der Waals surface area contributed by atoms with Crippen LogP contribution in [0.15, 0.2) is 0 Å². The van der Waals surface area contributed by atoms with Gasteiger partial charge in [-0.25, -0.2) is 8.42 Å². The summed E-state index contributed by atoms with van der Waals surface area (Å²) in [7, 11) is -3.39. The van der Waals surface area contributed by atoms with Crippen molar-refractivity contribution in [3.8, 4) is 0 Å². The maximum Gasteiger partial charge on any atom is 0.323 e. The predicted octanol–water partition coefficient (Wildman–Crippen LogP) is 0.411. The first kappa shape index (κ1) is 15.4. The van der Waals surface area contributed by atoms with E-state index in [-0.39, 0.29) is 11.8 Å². The van der Waals surface area contributed by atoms with E-state index in [2.05, 4.69) is 0 Å². The summed E-state index contributed by atoms with van der Waals surface area (Å²) in [5, 5.41) is 9.12. The molecule has 0 amide bonds. The Morgan fingerprint density at radius 3 is 2.28 bits per heavy atom. The van der Waals surface area contributed by atoms with Crippen molar-refractivity contribution in [2.24, 2.45) is 5.92 Å². The summed E-state index contributed by atoms with van der Waals surface area (Å²) in [6.07, 6.45) is 0. The summed E-state index contributed by atoms with van der Waals surface area (Å²) in [6.45, 7) is 8.28. The van der Waals surface area contributed by atoms with E-state index in [0.717, 1.165) is 0 Å². The molecular weight excluding hydrogens is 256 g/mol. The highest BCUT2D eigenvalue weighted by molar-refractivity contribution is 7.89. The molecular formula is C11H22N2O4S. The number of sulfonamides is 1. The molecule has 106 valence electrons. The van der Waals surface area contributed by atoms with Crippen LogP contribution >= 0.6 is 0 Å². The molecule has 0 bridgehead atoms. The van der Waals surface area contributed by atoms with Gasteiger partial charge in [-0.3, -0.25) is 9.69 Å². The Morgan fingerprint density at radius 2 is 1.89 bits per heavy atom. The highest BCUT2D eigenvalue weighted by Gasteiger charge is 2.41. The Kier molecular flexibility index (Phi) is 4.40. The van der Waals surface area contributed by atoms with Gasteiger partial charge in [-0.1, -0.05) is 13.8 Å². The van der Waals surface area contributed by atoms with Crippen LogP contribution in [0.2, 0.25) is 0 Å². The third-order valence-corrected chi connectivity index (χ3v) is 4.97. The van der Waals surface area contributed by atoms with Crippen molar-refractivity contribution in [2.75, 3.05) is 25.5 Å². The van der Waals surface area contributed by atoms with Crippen LogP contribution in [0.4, 0.5) is 0 Å². The molecule has 6 nitrogen and oxygen atoms in total. The molecule has 0 radical (unpaired) electrons. The number of aliphatic carboxylic acids is 1. The van der Waals surface area contributed by atoms with Crippen molar-refractivity contribution in [3.05, 3.63) is 0 Å². The summed E-state index contributed by atoms with van der Waals surface area (Å²) < 4.78 is 25.6. The van der Waals surface area contributed by atoms with Gasteiger partial charge >= 0.3 is 5.97 Å². The second-order valence-corrected chi connectivity index (χ2v) is 7.56. The van der Waals surface area contributed by atoms with E-state index < -0.39 is 21.5 Å². The third-order valence-electron chi connectivity index (χ3n) is 3.21. The van der Waals surface area contributed by atoms with E-state index in [4.69, 9.17) is 5.11 Å². The molecule has 0 atom stereocenters. The summed E-state index contributed by atoms with van der Waals surface area (Å²) in [4.78, 5) is 12.6. The highest BCUT2D eigenvalue weighted by Crippen LogP contribution is 2.22. The van der Waals surface area contributed by atoms with Gasteiger partial charge in [0.05, 0.1) is 0 Å². The molecule has 0 aromatic carbocycles. The summed E-state index contributed by atoms with van der Waals surface area (Å²) in [5.41, 5.74) is -1.16. The lowest BCUT2D eigenvalue weighted by Gasteiger charge is -2.41. The standard InChI is InChI=1S/C11H22N2O4S/c1-9(2)7-13-6-5-12(8-18(13,16)17)11(3,4)10(14)15/h9H,5-8H2,1-4H3,(H,14,15). The van der Waals surface area contributed by atoms with Gasteiger partial charge in [0.2, 0.25) is 10.0 Å². The van der Waals surface area contributed by atoms with Gasteiger partial charge in [-0.15, -0.1) is 0 Å². The molecule has 0 aliphatic carbocycles. The normalized spacial score (nSPS) is 22.3.